The lowest BCUT2D eigenvalue weighted by Crippen LogP contribution is -2.21. The van der Waals surface area contributed by atoms with Crippen LogP contribution in [0, 0.1) is 27.7 Å². The summed E-state index contributed by atoms with van der Waals surface area (Å²) in [5, 5.41) is 3.43. The second-order valence-corrected chi connectivity index (χ2v) is 10.3. The highest BCUT2D eigenvalue weighted by molar-refractivity contribution is 7.92. The van der Waals surface area contributed by atoms with Crippen LogP contribution in [-0.4, -0.2) is 20.9 Å². The van der Waals surface area contributed by atoms with Crippen LogP contribution in [0.3, 0.4) is 0 Å². The molecule has 9 heteroatoms. The molecule has 1 heterocycles. The summed E-state index contributed by atoms with van der Waals surface area (Å²) in [6, 6.07) is 16.5. The molecule has 0 bridgehead atoms. The number of hydrogen-bond acceptors (Lipinski definition) is 6. The maximum Gasteiger partial charge on any atom is 0.336 e. The maximum absolute atomic E-state index is 13.1. The fourth-order valence-corrected chi connectivity index (χ4v) is 5.24. The molecule has 1 amide bonds. The number of carbonyl (C=O) groups is 1. The predicted molar refractivity (Wildman–Crippen MR) is 139 cm³/mol. The Kier molecular flexibility index (Phi) is 6.85. The average molecular weight is 507 g/mol. The molecule has 0 radical (unpaired) electrons. The molecule has 0 aliphatic carbocycles. The van der Waals surface area contributed by atoms with Crippen molar-refractivity contribution in [1.29, 1.82) is 0 Å². The van der Waals surface area contributed by atoms with Crippen LogP contribution in [0.25, 0.3) is 11.0 Å². The summed E-state index contributed by atoms with van der Waals surface area (Å²) < 4.78 is 39.5. The van der Waals surface area contributed by atoms with Crippen LogP contribution in [0.5, 0.6) is 5.75 Å². The van der Waals surface area contributed by atoms with E-state index in [0.717, 1.165) is 22.1 Å². The normalized spacial score (nSPS) is 11.3. The molecule has 0 atom stereocenters. The van der Waals surface area contributed by atoms with Gasteiger partial charge in [0.1, 0.15) is 11.3 Å². The third-order valence-electron chi connectivity index (χ3n) is 5.68. The van der Waals surface area contributed by atoms with Gasteiger partial charge in [-0.25, -0.2) is 13.2 Å². The van der Waals surface area contributed by atoms with Gasteiger partial charge in [0.2, 0.25) is 0 Å². The molecule has 4 aromatic rings. The number of anilines is 2. The summed E-state index contributed by atoms with van der Waals surface area (Å²) in [6.45, 7) is 6.94. The Hall–Kier alpha value is -4.11. The van der Waals surface area contributed by atoms with Gasteiger partial charge in [-0.05, 0) is 74.7 Å². The lowest BCUT2D eigenvalue weighted by molar-refractivity contribution is -0.118. The van der Waals surface area contributed by atoms with Crippen molar-refractivity contribution in [3.63, 3.8) is 0 Å². The molecule has 36 heavy (non-hydrogen) atoms. The molecule has 0 fully saturated rings. The fraction of sp³-hybridized carbons (Fsp3) is 0.185. The Morgan fingerprint density at radius 2 is 1.67 bits per heavy atom. The van der Waals surface area contributed by atoms with Crippen LogP contribution >= 0.6 is 0 Å². The van der Waals surface area contributed by atoms with Crippen LogP contribution in [0.1, 0.15) is 22.3 Å². The van der Waals surface area contributed by atoms with Gasteiger partial charge in [-0.1, -0.05) is 23.8 Å². The van der Waals surface area contributed by atoms with Gasteiger partial charge in [0, 0.05) is 23.2 Å². The average Bonchev–Trinajstić information content (AvgIpc) is 2.80. The number of amides is 1. The number of benzene rings is 3. The third kappa shape index (κ3) is 5.58. The Bertz CT molecular complexity index is 1640. The summed E-state index contributed by atoms with van der Waals surface area (Å²) in [5.41, 5.74) is 3.86. The van der Waals surface area contributed by atoms with Crippen molar-refractivity contribution in [1.82, 2.24) is 0 Å². The molecule has 186 valence electrons. The molecule has 0 unspecified atom stereocenters. The second kappa shape index (κ2) is 9.87. The molecule has 0 saturated heterocycles. The summed E-state index contributed by atoms with van der Waals surface area (Å²) in [4.78, 5) is 24.2. The number of nitrogens with one attached hydrogen (secondary N) is 2. The van der Waals surface area contributed by atoms with Crippen LogP contribution in [0.15, 0.2) is 74.8 Å². The van der Waals surface area contributed by atoms with Gasteiger partial charge in [-0.3, -0.25) is 9.52 Å². The van der Waals surface area contributed by atoms with Gasteiger partial charge in [-0.15, -0.1) is 0 Å². The largest absolute Gasteiger partial charge is 0.484 e. The molecule has 8 nitrogen and oxygen atoms in total. The van der Waals surface area contributed by atoms with E-state index in [1.807, 2.05) is 26.0 Å². The van der Waals surface area contributed by atoms with Crippen LogP contribution in [-0.2, 0) is 14.8 Å². The van der Waals surface area contributed by atoms with Crippen molar-refractivity contribution in [2.24, 2.45) is 0 Å². The predicted octanol–water partition coefficient (Wildman–Crippen LogP) is 4.84. The zero-order valence-corrected chi connectivity index (χ0v) is 21.2. The first kappa shape index (κ1) is 25.0. The fourth-order valence-electron chi connectivity index (χ4n) is 3.84. The molecule has 0 aliphatic rings. The van der Waals surface area contributed by atoms with Gasteiger partial charge in [0.25, 0.3) is 15.9 Å². The Labute approximate surface area is 209 Å². The number of ether oxygens (including phenoxy) is 1. The number of fused-ring (bicyclic) bond motifs is 1. The van der Waals surface area contributed by atoms with Crippen molar-refractivity contribution >= 4 is 38.3 Å². The van der Waals surface area contributed by atoms with Gasteiger partial charge in [0.15, 0.2) is 6.61 Å². The van der Waals surface area contributed by atoms with Gasteiger partial charge >= 0.3 is 5.63 Å². The van der Waals surface area contributed by atoms with E-state index >= 15 is 0 Å². The van der Waals surface area contributed by atoms with Crippen molar-refractivity contribution in [3.05, 3.63) is 93.3 Å². The van der Waals surface area contributed by atoms with Crippen molar-refractivity contribution in [3.8, 4) is 5.75 Å². The molecular formula is C27H26N2O6S. The Morgan fingerprint density at radius 3 is 2.42 bits per heavy atom. The molecule has 3 aromatic carbocycles. The monoisotopic (exact) mass is 506 g/mol. The minimum Gasteiger partial charge on any atom is -0.484 e. The molecule has 4 rings (SSSR count). The van der Waals surface area contributed by atoms with Crippen LogP contribution in [0.4, 0.5) is 11.4 Å². The Morgan fingerprint density at radius 1 is 0.889 bits per heavy atom. The summed E-state index contributed by atoms with van der Waals surface area (Å²) >= 11 is 0. The van der Waals surface area contributed by atoms with E-state index in [9.17, 15) is 18.0 Å². The van der Waals surface area contributed by atoms with Crippen molar-refractivity contribution < 1.29 is 22.4 Å². The zero-order valence-electron chi connectivity index (χ0n) is 20.3. The van der Waals surface area contributed by atoms with Gasteiger partial charge in [0.05, 0.1) is 10.6 Å². The van der Waals surface area contributed by atoms with Gasteiger partial charge in [-0.2, -0.15) is 0 Å². The van der Waals surface area contributed by atoms with Crippen molar-refractivity contribution in [2.45, 2.75) is 32.6 Å². The highest BCUT2D eigenvalue weighted by atomic mass is 32.2. The number of aryl methyl sites for hydroxylation is 4. The van der Waals surface area contributed by atoms with E-state index in [1.165, 1.54) is 12.1 Å². The summed E-state index contributed by atoms with van der Waals surface area (Å²) in [7, 11) is -3.89. The van der Waals surface area contributed by atoms with Crippen LogP contribution < -0.4 is 20.4 Å². The highest BCUT2D eigenvalue weighted by Gasteiger charge is 2.19. The van der Waals surface area contributed by atoms with E-state index in [-0.39, 0.29) is 11.5 Å². The first-order valence-corrected chi connectivity index (χ1v) is 12.7. The third-order valence-corrected chi connectivity index (χ3v) is 7.19. The molecule has 1 aromatic heterocycles. The van der Waals surface area contributed by atoms with E-state index in [0.29, 0.717) is 28.3 Å². The minimum absolute atomic E-state index is 0.0566. The maximum atomic E-state index is 13.1. The first-order valence-electron chi connectivity index (χ1n) is 11.2. The smallest absolute Gasteiger partial charge is 0.336 e. The number of carbonyl (C=O) groups excluding carboxylic acids is 1. The standard InChI is InChI=1S/C27H26N2O6S/c1-16-5-10-23(19(4)11-16)29-36(32,33)25-13-20(7-6-17(25)2)28-26(30)15-34-21-8-9-22-18(3)12-27(31)35-24(22)14-21/h5-14,29H,15H2,1-4H3,(H,28,30). The lowest BCUT2D eigenvalue weighted by atomic mass is 10.1. The zero-order chi connectivity index (χ0) is 26.0. The SMILES string of the molecule is Cc1ccc(NS(=O)(=O)c2cc(NC(=O)COc3ccc4c(C)cc(=O)oc4c3)ccc2C)c(C)c1. The number of rotatable bonds is 7. The Balaban J connectivity index is 1.47. The van der Waals surface area contributed by atoms with E-state index in [2.05, 4.69) is 10.0 Å². The second-order valence-electron chi connectivity index (χ2n) is 8.65. The first-order chi connectivity index (χ1) is 17.0. The summed E-state index contributed by atoms with van der Waals surface area (Å²) in [6.07, 6.45) is 0. The van der Waals surface area contributed by atoms with E-state index < -0.39 is 21.6 Å². The molecule has 0 saturated carbocycles. The quantitative estimate of drug-likeness (QED) is 0.347. The molecule has 0 aliphatic heterocycles. The molecule has 0 spiro atoms. The molecular weight excluding hydrogens is 480 g/mol. The number of sulfonamides is 1. The number of hydrogen-bond donors (Lipinski definition) is 2. The molecule has 2 N–H and O–H groups in total. The van der Waals surface area contributed by atoms with E-state index in [1.54, 1.807) is 50.2 Å². The summed E-state index contributed by atoms with van der Waals surface area (Å²) in [5.74, 6) is -0.119. The minimum atomic E-state index is -3.89. The topological polar surface area (TPSA) is 115 Å². The lowest BCUT2D eigenvalue weighted by Gasteiger charge is -2.14. The van der Waals surface area contributed by atoms with E-state index in [4.69, 9.17) is 9.15 Å². The van der Waals surface area contributed by atoms with Crippen LogP contribution in [0.2, 0.25) is 0 Å². The highest BCUT2D eigenvalue weighted by Crippen LogP contribution is 2.26. The van der Waals surface area contributed by atoms with Crippen molar-refractivity contribution in [2.75, 3.05) is 16.6 Å². The van der Waals surface area contributed by atoms with Gasteiger partial charge < -0.3 is 14.5 Å².